The molecule has 0 spiro atoms. The van der Waals surface area contributed by atoms with Crippen LogP contribution in [0.4, 0.5) is 0 Å². The summed E-state index contributed by atoms with van der Waals surface area (Å²) in [5.41, 5.74) is 1.60. The number of benzene rings is 2. The molecule has 0 radical (unpaired) electrons. The molecule has 0 aliphatic carbocycles. The Morgan fingerprint density at radius 1 is 1.04 bits per heavy atom. The van der Waals surface area contributed by atoms with Crippen molar-refractivity contribution < 1.29 is 4.79 Å². The van der Waals surface area contributed by atoms with Crippen LogP contribution >= 0.6 is 0 Å². The van der Waals surface area contributed by atoms with Crippen molar-refractivity contribution in [2.75, 3.05) is 19.6 Å². The van der Waals surface area contributed by atoms with Gasteiger partial charge in [0.2, 0.25) is 5.91 Å². The van der Waals surface area contributed by atoms with Gasteiger partial charge in [0.1, 0.15) is 6.54 Å². The van der Waals surface area contributed by atoms with E-state index in [-0.39, 0.29) is 17.9 Å². The van der Waals surface area contributed by atoms with Gasteiger partial charge < -0.3 is 15.2 Å². The van der Waals surface area contributed by atoms with Gasteiger partial charge in [0.05, 0.1) is 11.0 Å². The number of fused-ring (bicyclic) bond motifs is 2. The fraction of sp³-hybridized carbons (Fsp3) is 0.263. The highest BCUT2D eigenvalue weighted by Crippen LogP contribution is 2.18. The van der Waals surface area contributed by atoms with E-state index in [0.717, 1.165) is 24.1 Å². The van der Waals surface area contributed by atoms with Crippen molar-refractivity contribution in [1.82, 2.24) is 15.2 Å². The monoisotopic (exact) mass is 321 g/mol. The molecule has 24 heavy (non-hydrogen) atoms. The van der Waals surface area contributed by atoms with E-state index >= 15 is 0 Å². The number of nitrogens with zero attached hydrogens (tertiary/aromatic N) is 1. The van der Waals surface area contributed by atoms with Crippen LogP contribution < -0.4 is 16.1 Å². The molecule has 0 saturated carbocycles. The minimum absolute atomic E-state index is 0.0124. The summed E-state index contributed by atoms with van der Waals surface area (Å²) in [4.78, 5) is 25.1. The summed E-state index contributed by atoms with van der Waals surface area (Å²) < 4.78 is 1.93. The van der Waals surface area contributed by atoms with Gasteiger partial charge in [0.25, 0.3) is 0 Å². The molecule has 2 heterocycles. The molecule has 0 atom stereocenters. The van der Waals surface area contributed by atoms with Crippen molar-refractivity contribution >= 4 is 27.7 Å². The fourth-order valence-electron chi connectivity index (χ4n) is 3.20. The third kappa shape index (κ3) is 2.57. The van der Waals surface area contributed by atoms with Crippen LogP contribution in [0.25, 0.3) is 21.8 Å². The summed E-state index contributed by atoms with van der Waals surface area (Å²) in [6, 6.07) is 14.9. The van der Waals surface area contributed by atoms with Gasteiger partial charge in [-0.2, -0.15) is 0 Å². The number of rotatable bonds is 4. The van der Waals surface area contributed by atoms with E-state index in [1.807, 2.05) is 53.1 Å². The lowest BCUT2D eigenvalue weighted by Gasteiger charge is -2.27. The molecule has 1 amide bonds. The molecule has 5 nitrogen and oxygen atoms in total. The number of amides is 1. The van der Waals surface area contributed by atoms with Crippen LogP contribution in [-0.2, 0) is 11.3 Å². The molecule has 0 unspecified atom stereocenters. The zero-order valence-electron chi connectivity index (χ0n) is 13.3. The molecule has 1 aliphatic rings. The first-order chi connectivity index (χ1) is 11.7. The van der Waals surface area contributed by atoms with Crippen LogP contribution in [0.5, 0.6) is 0 Å². The number of pyridine rings is 1. The molecule has 2 aromatic carbocycles. The molecule has 1 aliphatic heterocycles. The number of aromatic nitrogens is 1. The van der Waals surface area contributed by atoms with Crippen LogP contribution in [0.2, 0.25) is 0 Å². The lowest BCUT2D eigenvalue weighted by atomic mass is 10.0. The summed E-state index contributed by atoms with van der Waals surface area (Å²) in [7, 11) is 0. The minimum atomic E-state index is -0.0270. The maximum atomic E-state index is 12.7. The number of carbonyl (C=O) groups is 1. The number of nitrogens with one attached hydrogen (secondary N) is 2. The predicted octanol–water partition coefficient (Wildman–Crippen LogP) is 1.49. The van der Waals surface area contributed by atoms with E-state index in [2.05, 4.69) is 10.6 Å². The van der Waals surface area contributed by atoms with Crippen LogP contribution in [-0.4, -0.2) is 30.1 Å². The molecular formula is C19H19N3O2. The summed E-state index contributed by atoms with van der Waals surface area (Å²) in [6.45, 7) is 2.83. The third-order valence-electron chi connectivity index (χ3n) is 4.63. The van der Waals surface area contributed by atoms with E-state index in [4.69, 9.17) is 0 Å². The number of hydrogen-bond donors (Lipinski definition) is 2. The fourth-order valence-corrected chi connectivity index (χ4v) is 3.20. The molecule has 1 fully saturated rings. The summed E-state index contributed by atoms with van der Waals surface area (Å²) >= 11 is 0. The Hall–Kier alpha value is -2.66. The zero-order valence-corrected chi connectivity index (χ0v) is 13.3. The van der Waals surface area contributed by atoms with E-state index in [9.17, 15) is 9.59 Å². The van der Waals surface area contributed by atoms with Crippen molar-refractivity contribution in [2.45, 2.75) is 6.54 Å². The van der Waals surface area contributed by atoms with Gasteiger partial charge in [-0.05, 0) is 24.3 Å². The second-order valence-electron chi connectivity index (χ2n) is 6.28. The smallest absolute Gasteiger partial charge is 0.239 e. The van der Waals surface area contributed by atoms with Crippen molar-refractivity contribution in [3.05, 3.63) is 58.8 Å². The molecule has 1 aromatic heterocycles. The standard InChI is InChI=1S/C19H19N3O2/c23-18(21-11-13-9-20-10-13)12-22-16-7-3-1-5-14(16)19(24)15-6-2-4-8-17(15)22/h1-8,13,20H,9-12H2,(H,21,23). The summed E-state index contributed by atoms with van der Waals surface area (Å²) in [6.07, 6.45) is 0. The Kier molecular flexibility index (Phi) is 3.78. The first-order valence-corrected chi connectivity index (χ1v) is 8.22. The second-order valence-corrected chi connectivity index (χ2v) is 6.28. The van der Waals surface area contributed by atoms with Crippen molar-refractivity contribution in [2.24, 2.45) is 5.92 Å². The lowest BCUT2D eigenvalue weighted by molar-refractivity contribution is -0.121. The van der Waals surface area contributed by atoms with E-state index in [0.29, 0.717) is 23.2 Å². The van der Waals surface area contributed by atoms with Crippen LogP contribution in [0.1, 0.15) is 0 Å². The Morgan fingerprint density at radius 2 is 1.62 bits per heavy atom. The molecule has 122 valence electrons. The summed E-state index contributed by atoms with van der Waals surface area (Å²) in [5.74, 6) is 0.498. The second kappa shape index (κ2) is 6.09. The first-order valence-electron chi connectivity index (χ1n) is 8.22. The molecule has 0 bridgehead atoms. The topological polar surface area (TPSA) is 63.1 Å². The van der Waals surface area contributed by atoms with E-state index in [1.165, 1.54) is 0 Å². The maximum absolute atomic E-state index is 12.7. The Labute approximate surface area is 139 Å². The maximum Gasteiger partial charge on any atom is 0.239 e. The predicted molar refractivity (Wildman–Crippen MR) is 95.1 cm³/mol. The molecule has 2 N–H and O–H groups in total. The van der Waals surface area contributed by atoms with Gasteiger partial charge in [0.15, 0.2) is 5.43 Å². The highest BCUT2D eigenvalue weighted by atomic mass is 16.2. The Bertz CT molecular complexity index is 913. The van der Waals surface area contributed by atoms with Gasteiger partial charge in [-0.1, -0.05) is 24.3 Å². The van der Waals surface area contributed by atoms with Gasteiger partial charge in [-0.25, -0.2) is 0 Å². The normalized spacial score (nSPS) is 14.7. The van der Waals surface area contributed by atoms with E-state index in [1.54, 1.807) is 0 Å². The minimum Gasteiger partial charge on any atom is -0.354 e. The zero-order chi connectivity index (χ0) is 16.5. The van der Waals surface area contributed by atoms with Crippen LogP contribution in [0.15, 0.2) is 53.3 Å². The van der Waals surface area contributed by atoms with Gasteiger partial charge in [0, 0.05) is 36.3 Å². The SMILES string of the molecule is O=C(Cn1c2ccccc2c(=O)c2ccccc21)NCC1CNC1. The summed E-state index contributed by atoms with van der Waals surface area (Å²) in [5, 5.41) is 7.49. The van der Waals surface area contributed by atoms with Crippen LogP contribution in [0.3, 0.4) is 0 Å². The quantitative estimate of drug-likeness (QED) is 0.716. The number of hydrogen-bond acceptors (Lipinski definition) is 3. The number of carbonyl (C=O) groups excluding carboxylic acids is 1. The highest BCUT2D eigenvalue weighted by Gasteiger charge is 2.18. The molecule has 4 rings (SSSR count). The Morgan fingerprint density at radius 3 is 2.17 bits per heavy atom. The van der Waals surface area contributed by atoms with E-state index < -0.39 is 0 Å². The van der Waals surface area contributed by atoms with Crippen molar-refractivity contribution in [3.63, 3.8) is 0 Å². The van der Waals surface area contributed by atoms with Gasteiger partial charge in [-0.3, -0.25) is 9.59 Å². The van der Waals surface area contributed by atoms with Crippen molar-refractivity contribution in [3.8, 4) is 0 Å². The molecular weight excluding hydrogens is 302 g/mol. The number of para-hydroxylation sites is 2. The highest BCUT2D eigenvalue weighted by molar-refractivity contribution is 5.94. The average Bonchev–Trinajstić information content (AvgIpc) is 2.57. The van der Waals surface area contributed by atoms with Gasteiger partial charge in [-0.15, -0.1) is 0 Å². The first kappa shape index (κ1) is 14.9. The largest absolute Gasteiger partial charge is 0.354 e. The molecule has 5 heteroatoms. The molecule has 1 saturated heterocycles. The van der Waals surface area contributed by atoms with Crippen molar-refractivity contribution in [1.29, 1.82) is 0 Å². The van der Waals surface area contributed by atoms with Crippen LogP contribution in [0, 0.1) is 5.92 Å². The third-order valence-corrected chi connectivity index (χ3v) is 4.63. The molecule has 3 aromatic rings. The Balaban J connectivity index is 1.75. The average molecular weight is 321 g/mol. The lowest BCUT2D eigenvalue weighted by Crippen LogP contribution is -2.48. The van der Waals surface area contributed by atoms with Gasteiger partial charge >= 0.3 is 0 Å².